The Morgan fingerprint density at radius 1 is 1.40 bits per heavy atom. The molecule has 164 valence electrons. The van der Waals surface area contributed by atoms with Crippen molar-refractivity contribution in [3.63, 3.8) is 0 Å². The Morgan fingerprint density at radius 3 is 2.83 bits per heavy atom. The van der Waals surface area contributed by atoms with Gasteiger partial charge in [-0.05, 0) is 53.4 Å². The molecule has 2 aliphatic rings. The average molecular weight is 434 g/mol. The Labute approximate surface area is 184 Å². The summed E-state index contributed by atoms with van der Waals surface area (Å²) >= 11 is 6.21. The number of piperidine rings is 1. The van der Waals surface area contributed by atoms with Gasteiger partial charge >= 0.3 is 6.09 Å². The topological polar surface area (TPSA) is 63.7 Å². The van der Waals surface area contributed by atoms with E-state index in [0.29, 0.717) is 11.7 Å². The molecule has 2 saturated heterocycles. The van der Waals surface area contributed by atoms with Gasteiger partial charge in [0, 0.05) is 50.0 Å². The van der Waals surface area contributed by atoms with Crippen molar-refractivity contribution in [3.8, 4) is 11.8 Å². The first-order valence-electron chi connectivity index (χ1n) is 10.6. The van der Waals surface area contributed by atoms with Crippen LogP contribution >= 0.6 is 11.6 Å². The van der Waals surface area contributed by atoms with E-state index in [2.05, 4.69) is 34.0 Å². The van der Waals surface area contributed by atoms with Crippen LogP contribution in [0.2, 0.25) is 5.15 Å². The number of halogens is 1. The average Bonchev–Trinajstić information content (AvgIpc) is 2.66. The monoisotopic (exact) mass is 433 g/mol. The Morgan fingerprint density at radius 2 is 2.13 bits per heavy atom. The van der Waals surface area contributed by atoms with Crippen molar-refractivity contribution in [1.82, 2.24) is 10.3 Å². The van der Waals surface area contributed by atoms with Gasteiger partial charge in [-0.2, -0.15) is 0 Å². The molecule has 0 bridgehead atoms. The molecule has 0 unspecified atom stereocenters. The maximum absolute atomic E-state index is 12.2. The fourth-order valence-corrected chi connectivity index (χ4v) is 3.88. The summed E-state index contributed by atoms with van der Waals surface area (Å²) in [6.45, 7) is 10.8. The lowest BCUT2D eigenvalue weighted by molar-refractivity contribution is 0.0485. The zero-order valence-corrected chi connectivity index (χ0v) is 19.1. The number of rotatable bonds is 2. The quantitative estimate of drug-likeness (QED) is 0.553. The number of amides is 1. The van der Waals surface area contributed by atoms with Gasteiger partial charge in [-0.25, -0.2) is 9.78 Å². The molecule has 2 aliphatic heterocycles. The molecule has 1 amide bonds. The predicted octanol–water partition coefficient (Wildman–Crippen LogP) is 4.40. The van der Waals surface area contributed by atoms with Gasteiger partial charge in [0.1, 0.15) is 10.8 Å². The molecule has 6 nitrogen and oxygen atoms in total. The zero-order chi connectivity index (χ0) is 21.8. The number of alkyl carbamates (subject to hydrolysis) is 1. The number of carbonyl (C=O) groups excluding carboxylic acids is 1. The van der Waals surface area contributed by atoms with E-state index in [0.717, 1.165) is 56.7 Å². The Hall–Kier alpha value is -1.97. The Balaban J connectivity index is 1.75. The van der Waals surface area contributed by atoms with E-state index in [9.17, 15) is 4.79 Å². The molecule has 0 aromatic carbocycles. The standard InChI is InChI=1S/C23H32ClN3O3/c1-22(2,3)30-21(28)26-18-6-5-11-27(16-18)19-14-20(24)25-15-17(19)7-8-23(4)9-12-29-13-10-23/h14-15,18H,5-6,9-13,16H2,1-4H3,(H,26,28)/t18-/m0/s1. The minimum absolute atomic E-state index is 0.00867. The van der Waals surface area contributed by atoms with Crippen LogP contribution in [-0.2, 0) is 9.47 Å². The first kappa shape index (κ1) is 22.7. The summed E-state index contributed by atoms with van der Waals surface area (Å²) in [5, 5.41) is 3.44. The molecule has 0 radical (unpaired) electrons. The number of aromatic nitrogens is 1. The van der Waals surface area contributed by atoms with Crippen molar-refractivity contribution >= 4 is 23.4 Å². The van der Waals surface area contributed by atoms with E-state index < -0.39 is 5.60 Å². The van der Waals surface area contributed by atoms with Crippen molar-refractivity contribution in [1.29, 1.82) is 0 Å². The van der Waals surface area contributed by atoms with Gasteiger partial charge < -0.3 is 19.7 Å². The fourth-order valence-electron chi connectivity index (χ4n) is 3.73. The van der Waals surface area contributed by atoms with E-state index in [4.69, 9.17) is 21.1 Å². The predicted molar refractivity (Wildman–Crippen MR) is 119 cm³/mol. The molecule has 7 heteroatoms. The van der Waals surface area contributed by atoms with Crippen LogP contribution < -0.4 is 10.2 Å². The van der Waals surface area contributed by atoms with Crippen LogP contribution in [0.5, 0.6) is 0 Å². The molecule has 1 aromatic rings. The Bertz CT molecular complexity index is 819. The van der Waals surface area contributed by atoms with E-state index in [-0.39, 0.29) is 17.6 Å². The second-order valence-electron chi connectivity index (χ2n) is 9.38. The zero-order valence-electron chi connectivity index (χ0n) is 18.4. The molecule has 1 N–H and O–H groups in total. The molecule has 1 atom stereocenters. The molecular formula is C23H32ClN3O3. The lowest BCUT2D eigenvalue weighted by atomic mass is 9.83. The highest BCUT2D eigenvalue weighted by atomic mass is 35.5. The van der Waals surface area contributed by atoms with Crippen molar-refractivity contribution in [2.24, 2.45) is 5.41 Å². The summed E-state index contributed by atoms with van der Waals surface area (Å²) in [5.41, 5.74) is 1.27. The van der Waals surface area contributed by atoms with Crippen LogP contribution in [0.1, 0.15) is 58.9 Å². The third kappa shape index (κ3) is 6.52. The molecule has 30 heavy (non-hydrogen) atoms. The van der Waals surface area contributed by atoms with Crippen LogP contribution in [0.4, 0.5) is 10.5 Å². The van der Waals surface area contributed by atoms with Crippen molar-refractivity contribution < 1.29 is 14.3 Å². The second kappa shape index (κ2) is 9.45. The van der Waals surface area contributed by atoms with Gasteiger partial charge in [-0.1, -0.05) is 23.4 Å². The van der Waals surface area contributed by atoms with Crippen LogP contribution in [0.3, 0.4) is 0 Å². The molecule has 0 saturated carbocycles. The number of nitrogens with zero attached hydrogens (tertiary/aromatic N) is 2. The van der Waals surface area contributed by atoms with Crippen molar-refractivity contribution in [3.05, 3.63) is 23.0 Å². The number of ether oxygens (including phenoxy) is 2. The van der Waals surface area contributed by atoms with Gasteiger partial charge in [0.15, 0.2) is 0 Å². The smallest absolute Gasteiger partial charge is 0.407 e. The number of pyridine rings is 1. The highest BCUT2D eigenvalue weighted by Crippen LogP contribution is 2.30. The number of hydrogen-bond acceptors (Lipinski definition) is 5. The molecule has 0 spiro atoms. The number of hydrogen-bond donors (Lipinski definition) is 1. The molecule has 3 rings (SSSR count). The summed E-state index contributed by atoms with van der Waals surface area (Å²) in [7, 11) is 0. The Kier molecular flexibility index (Phi) is 7.15. The fraction of sp³-hybridized carbons (Fsp3) is 0.652. The highest BCUT2D eigenvalue weighted by molar-refractivity contribution is 6.29. The summed E-state index contributed by atoms with van der Waals surface area (Å²) < 4.78 is 10.9. The summed E-state index contributed by atoms with van der Waals surface area (Å²) in [4.78, 5) is 18.7. The molecule has 3 heterocycles. The lowest BCUT2D eigenvalue weighted by Crippen LogP contribution is -2.49. The van der Waals surface area contributed by atoms with Gasteiger partial charge in [-0.15, -0.1) is 0 Å². The first-order chi connectivity index (χ1) is 14.1. The van der Waals surface area contributed by atoms with Crippen LogP contribution in [-0.4, -0.2) is 49.0 Å². The largest absolute Gasteiger partial charge is 0.444 e. The van der Waals surface area contributed by atoms with Gasteiger partial charge in [0.05, 0.1) is 11.3 Å². The third-order valence-electron chi connectivity index (χ3n) is 5.43. The first-order valence-corrected chi connectivity index (χ1v) is 11.0. The van der Waals surface area contributed by atoms with Gasteiger partial charge in [0.25, 0.3) is 0 Å². The summed E-state index contributed by atoms with van der Waals surface area (Å²) in [6, 6.07) is 1.88. The van der Waals surface area contributed by atoms with Crippen molar-refractivity contribution in [2.75, 3.05) is 31.2 Å². The van der Waals surface area contributed by atoms with Gasteiger partial charge in [-0.3, -0.25) is 0 Å². The highest BCUT2D eigenvalue weighted by Gasteiger charge is 2.27. The number of nitrogens with one attached hydrogen (secondary N) is 1. The van der Waals surface area contributed by atoms with E-state index in [1.165, 1.54) is 0 Å². The third-order valence-corrected chi connectivity index (χ3v) is 5.63. The minimum Gasteiger partial charge on any atom is -0.444 e. The summed E-state index contributed by atoms with van der Waals surface area (Å²) in [6.07, 6.45) is 5.10. The van der Waals surface area contributed by atoms with E-state index in [1.807, 2.05) is 26.8 Å². The van der Waals surface area contributed by atoms with Crippen molar-refractivity contribution in [2.45, 2.75) is 65.0 Å². The van der Waals surface area contributed by atoms with E-state index >= 15 is 0 Å². The minimum atomic E-state index is -0.514. The van der Waals surface area contributed by atoms with Crippen LogP contribution in [0.15, 0.2) is 12.3 Å². The lowest BCUT2D eigenvalue weighted by Gasteiger charge is -2.35. The molecule has 2 fully saturated rings. The van der Waals surface area contributed by atoms with Crippen LogP contribution in [0.25, 0.3) is 0 Å². The molecular weight excluding hydrogens is 402 g/mol. The number of anilines is 1. The molecule has 1 aromatic heterocycles. The van der Waals surface area contributed by atoms with Gasteiger partial charge in [0.2, 0.25) is 0 Å². The number of carbonyl (C=O) groups is 1. The second-order valence-corrected chi connectivity index (χ2v) is 9.77. The molecule has 0 aliphatic carbocycles. The maximum atomic E-state index is 12.2. The normalized spacial score (nSPS) is 21.4. The maximum Gasteiger partial charge on any atom is 0.407 e. The van der Waals surface area contributed by atoms with Crippen LogP contribution in [0, 0.1) is 17.3 Å². The SMILES string of the molecule is CC1(C#Cc2cnc(Cl)cc2N2CCC[C@H](NC(=O)OC(C)(C)C)C2)CCOCC1. The van der Waals surface area contributed by atoms with E-state index in [1.54, 1.807) is 6.20 Å². The summed E-state index contributed by atoms with van der Waals surface area (Å²) in [5.74, 6) is 6.81.